The van der Waals surface area contributed by atoms with Gasteiger partial charge < -0.3 is 15.2 Å². The molecule has 0 bridgehead atoms. The van der Waals surface area contributed by atoms with E-state index in [9.17, 15) is 4.79 Å². The van der Waals surface area contributed by atoms with E-state index in [1.54, 1.807) is 17.3 Å². The first-order valence-corrected chi connectivity index (χ1v) is 6.77. The molecule has 5 nitrogen and oxygen atoms in total. The molecule has 1 unspecified atom stereocenters. The third-order valence-corrected chi connectivity index (χ3v) is 3.70. The van der Waals surface area contributed by atoms with Crippen LogP contribution in [0.3, 0.4) is 0 Å². The van der Waals surface area contributed by atoms with Crippen molar-refractivity contribution in [2.45, 2.75) is 25.6 Å². The maximum atomic E-state index is 12.5. The van der Waals surface area contributed by atoms with Crippen molar-refractivity contribution >= 4 is 5.91 Å². The highest BCUT2D eigenvalue weighted by molar-refractivity contribution is 5.82. The molecule has 0 saturated carbocycles. The number of hydrogen-bond donors (Lipinski definition) is 2. The van der Waals surface area contributed by atoms with Gasteiger partial charge in [-0.2, -0.15) is 0 Å². The number of likely N-dealkylation sites (N-methyl/N-ethyl adjacent to an activating group) is 1. The molecule has 0 aliphatic carbocycles. The zero-order chi connectivity index (χ0) is 13.9. The number of nitrogens with zero attached hydrogens (tertiary/aromatic N) is 2. The predicted octanol–water partition coefficient (Wildman–Crippen LogP) is 1.08. The fourth-order valence-electron chi connectivity index (χ4n) is 2.58. The first-order chi connectivity index (χ1) is 9.74. The zero-order valence-corrected chi connectivity index (χ0v) is 11.5. The van der Waals surface area contributed by atoms with Crippen LogP contribution in [0.15, 0.2) is 36.7 Å². The smallest absolute Gasteiger partial charge is 0.240 e. The molecule has 1 amide bonds. The fraction of sp³-hybridized carbons (Fsp3) is 0.333. The predicted molar refractivity (Wildman–Crippen MR) is 75.8 cm³/mol. The van der Waals surface area contributed by atoms with Crippen LogP contribution in [0.4, 0.5) is 0 Å². The summed E-state index contributed by atoms with van der Waals surface area (Å²) in [5.41, 5.74) is 2.54. The lowest BCUT2D eigenvalue weighted by Crippen LogP contribution is -2.48. The van der Waals surface area contributed by atoms with Gasteiger partial charge in [0.25, 0.3) is 0 Å². The SMILES string of the molecule is CN(Cc1ncc[nH]1)C(=O)C1Cc2ccccc2CN1. The van der Waals surface area contributed by atoms with Crippen LogP contribution in [0.5, 0.6) is 0 Å². The monoisotopic (exact) mass is 270 g/mol. The number of hydrogen-bond acceptors (Lipinski definition) is 3. The highest BCUT2D eigenvalue weighted by atomic mass is 16.2. The van der Waals surface area contributed by atoms with Gasteiger partial charge in [0.1, 0.15) is 5.82 Å². The Labute approximate surface area is 118 Å². The number of aromatic amines is 1. The fourth-order valence-corrected chi connectivity index (χ4v) is 2.58. The Morgan fingerprint density at radius 2 is 2.20 bits per heavy atom. The number of fused-ring (bicyclic) bond motifs is 1. The van der Waals surface area contributed by atoms with Gasteiger partial charge in [-0.05, 0) is 17.5 Å². The van der Waals surface area contributed by atoms with Gasteiger partial charge in [0.2, 0.25) is 5.91 Å². The number of imidazole rings is 1. The lowest BCUT2D eigenvalue weighted by molar-refractivity contribution is -0.133. The lowest BCUT2D eigenvalue weighted by atomic mass is 9.95. The second-order valence-electron chi connectivity index (χ2n) is 5.14. The summed E-state index contributed by atoms with van der Waals surface area (Å²) in [5.74, 6) is 0.910. The van der Waals surface area contributed by atoms with Crippen molar-refractivity contribution in [3.05, 3.63) is 53.6 Å². The van der Waals surface area contributed by atoms with E-state index in [0.717, 1.165) is 18.8 Å². The number of aromatic nitrogens is 2. The number of amides is 1. The minimum absolute atomic E-state index is 0.107. The molecule has 2 aromatic rings. The van der Waals surface area contributed by atoms with Crippen LogP contribution in [0.2, 0.25) is 0 Å². The number of rotatable bonds is 3. The Morgan fingerprint density at radius 3 is 2.95 bits per heavy atom. The molecular formula is C15H18N4O. The molecule has 2 N–H and O–H groups in total. The Balaban J connectivity index is 1.66. The summed E-state index contributed by atoms with van der Waals surface area (Å²) < 4.78 is 0. The van der Waals surface area contributed by atoms with Gasteiger partial charge in [0.05, 0.1) is 12.6 Å². The number of benzene rings is 1. The van der Waals surface area contributed by atoms with E-state index in [0.29, 0.717) is 6.54 Å². The molecule has 20 heavy (non-hydrogen) atoms. The molecule has 1 aromatic carbocycles. The van der Waals surface area contributed by atoms with Crippen molar-refractivity contribution in [1.82, 2.24) is 20.2 Å². The van der Waals surface area contributed by atoms with Gasteiger partial charge in [0.15, 0.2) is 0 Å². The third kappa shape index (κ3) is 2.58. The van der Waals surface area contributed by atoms with Crippen molar-refractivity contribution in [2.24, 2.45) is 0 Å². The molecule has 1 aliphatic heterocycles. The van der Waals surface area contributed by atoms with Gasteiger partial charge in [-0.25, -0.2) is 4.98 Å². The molecule has 0 radical (unpaired) electrons. The normalized spacial score (nSPS) is 17.6. The molecule has 3 rings (SSSR count). The van der Waals surface area contributed by atoms with Crippen LogP contribution in [-0.4, -0.2) is 33.9 Å². The minimum atomic E-state index is -0.148. The van der Waals surface area contributed by atoms with Crippen molar-refractivity contribution in [1.29, 1.82) is 0 Å². The Hall–Kier alpha value is -2.14. The summed E-state index contributed by atoms with van der Waals surface area (Å²) in [5, 5.41) is 3.31. The van der Waals surface area contributed by atoms with Gasteiger partial charge in [-0.15, -0.1) is 0 Å². The van der Waals surface area contributed by atoms with E-state index >= 15 is 0 Å². The van der Waals surface area contributed by atoms with Gasteiger partial charge in [0, 0.05) is 26.0 Å². The second kappa shape index (κ2) is 5.46. The molecule has 1 aromatic heterocycles. The number of carbonyl (C=O) groups excluding carboxylic acids is 1. The summed E-state index contributed by atoms with van der Waals surface area (Å²) in [4.78, 5) is 21.3. The Morgan fingerprint density at radius 1 is 1.40 bits per heavy atom. The van der Waals surface area contributed by atoms with E-state index in [2.05, 4.69) is 27.4 Å². The standard InChI is InChI=1S/C15H18N4O/c1-19(10-14-16-6-7-17-14)15(20)13-8-11-4-2-3-5-12(11)9-18-13/h2-7,13,18H,8-10H2,1H3,(H,16,17). The quantitative estimate of drug-likeness (QED) is 0.877. The highest BCUT2D eigenvalue weighted by Gasteiger charge is 2.26. The van der Waals surface area contributed by atoms with Gasteiger partial charge in [-0.3, -0.25) is 4.79 Å². The average Bonchev–Trinajstić information content (AvgIpc) is 2.99. The summed E-state index contributed by atoms with van der Waals surface area (Å²) in [6.07, 6.45) is 4.21. The molecule has 104 valence electrons. The highest BCUT2D eigenvalue weighted by Crippen LogP contribution is 2.17. The van der Waals surface area contributed by atoms with Crippen molar-refractivity contribution in [3.63, 3.8) is 0 Å². The number of carbonyl (C=O) groups is 1. The molecule has 0 spiro atoms. The summed E-state index contributed by atoms with van der Waals surface area (Å²) >= 11 is 0. The summed E-state index contributed by atoms with van der Waals surface area (Å²) in [6, 6.07) is 8.12. The third-order valence-electron chi connectivity index (χ3n) is 3.70. The van der Waals surface area contributed by atoms with E-state index in [1.165, 1.54) is 11.1 Å². The lowest BCUT2D eigenvalue weighted by Gasteiger charge is -2.28. The van der Waals surface area contributed by atoms with E-state index < -0.39 is 0 Å². The summed E-state index contributed by atoms with van der Waals surface area (Å²) in [6.45, 7) is 1.26. The maximum Gasteiger partial charge on any atom is 0.240 e. The molecule has 1 aliphatic rings. The molecule has 2 heterocycles. The van der Waals surface area contributed by atoms with Gasteiger partial charge >= 0.3 is 0 Å². The Bertz CT molecular complexity index is 594. The van der Waals surface area contributed by atoms with Crippen LogP contribution >= 0.6 is 0 Å². The van der Waals surface area contributed by atoms with Crippen LogP contribution < -0.4 is 5.32 Å². The van der Waals surface area contributed by atoms with E-state index in [4.69, 9.17) is 0 Å². The van der Waals surface area contributed by atoms with Crippen molar-refractivity contribution in [2.75, 3.05) is 7.05 Å². The van der Waals surface area contributed by atoms with Gasteiger partial charge in [-0.1, -0.05) is 24.3 Å². The minimum Gasteiger partial charge on any atom is -0.347 e. The van der Waals surface area contributed by atoms with Crippen LogP contribution in [0.25, 0.3) is 0 Å². The molecule has 1 atom stereocenters. The van der Waals surface area contributed by atoms with E-state index in [-0.39, 0.29) is 11.9 Å². The number of nitrogens with one attached hydrogen (secondary N) is 2. The van der Waals surface area contributed by atoms with E-state index in [1.807, 2.05) is 19.2 Å². The zero-order valence-electron chi connectivity index (χ0n) is 11.5. The molecular weight excluding hydrogens is 252 g/mol. The maximum absolute atomic E-state index is 12.5. The topological polar surface area (TPSA) is 61.0 Å². The first kappa shape index (κ1) is 12.9. The molecule has 0 saturated heterocycles. The molecule has 5 heteroatoms. The van der Waals surface area contributed by atoms with Crippen LogP contribution in [0, 0.1) is 0 Å². The van der Waals surface area contributed by atoms with Crippen molar-refractivity contribution < 1.29 is 4.79 Å². The Kier molecular flexibility index (Phi) is 3.52. The molecule has 0 fully saturated rings. The summed E-state index contributed by atoms with van der Waals surface area (Å²) in [7, 11) is 1.81. The van der Waals surface area contributed by atoms with Crippen LogP contribution in [-0.2, 0) is 24.3 Å². The largest absolute Gasteiger partial charge is 0.347 e. The number of H-pyrrole nitrogens is 1. The second-order valence-corrected chi connectivity index (χ2v) is 5.14. The first-order valence-electron chi connectivity index (χ1n) is 6.77. The van der Waals surface area contributed by atoms with Crippen molar-refractivity contribution in [3.8, 4) is 0 Å². The average molecular weight is 270 g/mol. The van der Waals surface area contributed by atoms with Crippen LogP contribution in [0.1, 0.15) is 17.0 Å².